The van der Waals surface area contributed by atoms with Gasteiger partial charge in [-0.1, -0.05) is 5.16 Å². The number of aryl methyl sites for hydroxylation is 1. The number of hydrogen-bond acceptors (Lipinski definition) is 5. The third kappa shape index (κ3) is 4.55. The number of carbonyl (C=O) groups excluding carboxylic acids is 1. The summed E-state index contributed by atoms with van der Waals surface area (Å²) < 4.78 is 4.79. The zero-order chi connectivity index (χ0) is 11.3. The van der Waals surface area contributed by atoms with Gasteiger partial charge in [-0.2, -0.15) is 4.98 Å². The molecule has 1 heterocycles. The second-order valence-corrected chi connectivity index (χ2v) is 3.51. The molecule has 0 bridgehead atoms. The first-order valence-corrected chi connectivity index (χ1v) is 4.89. The largest absolute Gasteiger partial charge is 0.356 e. The lowest BCUT2D eigenvalue weighted by Crippen LogP contribution is -2.31. The zero-order valence-corrected chi connectivity index (χ0v) is 8.99. The van der Waals surface area contributed by atoms with Crippen LogP contribution in [0.2, 0.25) is 0 Å². The molecule has 0 fully saturated rings. The van der Waals surface area contributed by atoms with E-state index in [1.165, 1.54) is 0 Å². The summed E-state index contributed by atoms with van der Waals surface area (Å²) in [6.07, 6.45) is 0.910. The minimum absolute atomic E-state index is 0.0507. The van der Waals surface area contributed by atoms with Crippen LogP contribution < -0.4 is 11.1 Å². The Balaban J connectivity index is 2.19. The molecule has 6 heteroatoms. The number of nitrogens with one attached hydrogen (secondary N) is 1. The number of hydrogen-bond donors (Lipinski definition) is 2. The molecule has 1 rings (SSSR count). The Morgan fingerprint density at radius 2 is 2.40 bits per heavy atom. The molecule has 0 radical (unpaired) electrons. The van der Waals surface area contributed by atoms with Crippen LogP contribution in [-0.4, -0.2) is 28.6 Å². The summed E-state index contributed by atoms with van der Waals surface area (Å²) in [6.45, 7) is 4.03. The van der Waals surface area contributed by atoms with Crippen LogP contribution in [0.15, 0.2) is 4.52 Å². The van der Waals surface area contributed by atoms with E-state index in [0.717, 1.165) is 0 Å². The second-order valence-electron chi connectivity index (χ2n) is 3.51. The van der Waals surface area contributed by atoms with Crippen LogP contribution in [0.25, 0.3) is 0 Å². The van der Waals surface area contributed by atoms with Crippen LogP contribution in [0.3, 0.4) is 0 Å². The molecule has 0 aromatic carbocycles. The van der Waals surface area contributed by atoms with Crippen LogP contribution in [0, 0.1) is 6.92 Å². The summed E-state index contributed by atoms with van der Waals surface area (Å²) in [5, 5.41) is 6.44. The average Bonchev–Trinajstić information content (AvgIpc) is 2.50. The van der Waals surface area contributed by atoms with Gasteiger partial charge in [-0.15, -0.1) is 0 Å². The van der Waals surface area contributed by atoms with E-state index >= 15 is 0 Å². The van der Waals surface area contributed by atoms with Gasteiger partial charge in [-0.3, -0.25) is 4.79 Å². The van der Waals surface area contributed by atoms with Gasteiger partial charge in [0.15, 0.2) is 5.82 Å². The normalized spacial score (nSPS) is 12.5. The molecule has 0 aliphatic carbocycles. The summed E-state index contributed by atoms with van der Waals surface area (Å²) in [6, 6.07) is -0.114. The van der Waals surface area contributed by atoms with Gasteiger partial charge in [0, 0.05) is 32.4 Å². The van der Waals surface area contributed by atoms with E-state index in [1.54, 1.807) is 13.8 Å². The Morgan fingerprint density at radius 1 is 1.67 bits per heavy atom. The molecule has 15 heavy (non-hydrogen) atoms. The van der Waals surface area contributed by atoms with Gasteiger partial charge in [-0.25, -0.2) is 0 Å². The predicted octanol–water partition coefficient (Wildman–Crippen LogP) is -0.226. The van der Waals surface area contributed by atoms with Crippen molar-refractivity contribution in [1.29, 1.82) is 0 Å². The highest BCUT2D eigenvalue weighted by atomic mass is 16.5. The maximum absolute atomic E-state index is 11.2. The van der Waals surface area contributed by atoms with E-state index in [1.807, 2.05) is 0 Å². The van der Waals surface area contributed by atoms with Crippen LogP contribution in [0.4, 0.5) is 0 Å². The molecule has 0 saturated heterocycles. The highest BCUT2D eigenvalue weighted by Gasteiger charge is 2.05. The standard InChI is InChI=1S/C9H16N4O2/c1-6(10)5-9(14)11-4-3-8-12-7(2)15-13-8/h6H,3-5,10H2,1-2H3,(H,11,14). The van der Waals surface area contributed by atoms with E-state index in [9.17, 15) is 4.79 Å². The first kappa shape index (κ1) is 11.6. The SMILES string of the molecule is Cc1nc(CCNC(=O)CC(C)N)no1. The molecule has 84 valence electrons. The van der Waals surface area contributed by atoms with E-state index in [4.69, 9.17) is 10.3 Å². The van der Waals surface area contributed by atoms with Crippen LogP contribution >= 0.6 is 0 Å². The predicted molar refractivity (Wildman–Crippen MR) is 54.0 cm³/mol. The monoisotopic (exact) mass is 212 g/mol. The van der Waals surface area contributed by atoms with Crippen LogP contribution in [-0.2, 0) is 11.2 Å². The van der Waals surface area contributed by atoms with Gasteiger partial charge in [0.2, 0.25) is 11.8 Å². The van der Waals surface area contributed by atoms with Gasteiger partial charge in [0.25, 0.3) is 0 Å². The smallest absolute Gasteiger partial charge is 0.223 e. The topological polar surface area (TPSA) is 94.0 Å². The van der Waals surface area contributed by atoms with Gasteiger partial charge in [-0.05, 0) is 6.92 Å². The third-order valence-electron chi connectivity index (χ3n) is 1.75. The van der Waals surface area contributed by atoms with E-state index in [0.29, 0.717) is 31.1 Å². The molecule has 0 aliphatic heterocycles. The molecule has 0 spiro atoms. The molecule has 1 aromatic heterocycles. The quantitative estimate of drug-likeness (QED) is 0.703. The van der Waals surface area contributed by atoms with E-state index < -0.39 is 0 Å². The average molecular weight is 212 g/mol. The van der Waals surface area contributed by atoms with Crippen LogP contribution in [0.1, 0.15) is 25.1 Å². The van der Waals surface area contributed by atoms with Crippen molar-refractivity contribution in [1.82, 2.24) is 15.5 Å². The minimum atomic E-state index is -0.114. The molecule has 0 saturated carbocycles. The highest BCUT2D eigenvalue weighted by Crippen LogP contribution is 1.95. The number of nitrogens with zero attached hydrogens (tertiary/aromatic N) is 2. The molecule has 0 aliphatic rings. The maximum atomic E-state index is 11.2. The summed E-state index contributed by atoms with van der Waals surface area (Å²) in [7, 11) is 0. The summed E-state index contributed by atoms with van der Waals surface area (Å²) >= 11 is 0. The van der Waals surface area contributed by atoms with E-state index in [2.05, 4.69) is 15.5 Å². The Bertz CT molecular complexity index is 322. The molecule has 6 nitrogen and oxygen atoms in total. The zero-order valence-electron chi connectivity index (χ0n) is 8.99. The van der Waals surface area contributed by atoms with Gasteiger partial charge >= 0.3 is 0 Å². The van der Waals surface area contributed by atoms with Gasteiger partial charge in [0.1, 0.15) is 0 Å². The lowest BCUT2D eigenvalue weighted by Gasteiger charge is -2.05. The lowest BCUT2D eigenvalue weighted by molar-refractivity contribution is -0.121. The number of carbonyl (C=O) groups is 1. The first-order valence-electron chi connectivity index (χ1n) is 4.89. The number of aromatic nitrogens is 2. The first-order chi connectivity index (χ1) is 7.08. The second kappa shape index (κ2) is 5.45. The van der Waals surface area contributed by atoms with Gasteiger partial charge in [0.05, 0.1) is 0 Å². The Labute approximate surface area is 88.2 Å². The van der Waals surface area contributed by atoms with Gasteiger partial charge < -0.3 is 15.6 Å². The fourth-order valence-corrected chi connectivity index (χ4v) is 1.12. The lowest BCUT2D eigenvalue weighted by atomic mass is 10.2. The van der Waals surface area contributed by atoms with Crippen LogP contribution in [0.5, 0.6) is 0 Å². The number of rotatable bonds is 5. The Kier molecular flexibility index (Phi) is 4.23. The van der Waals surface area contributed by atoms with Crippen molar-refractivity contribution in [2.45, 2.75) is 32.7 Å². The number of amides is 1. The molecular weight excluding hydrogens is 196 g/mol. The van der Waals surface area contributed by atoms with Crippen molar-refractivity contribution >= 4 is 5.91 Å². The third-order valence-corrected chi connectivity index (χ3v) is 1.75. The molecule has 1 aromatic rings. The summed E-state index contributed by atoms with van der Waals surface area (Å²) in [4.78, 5) is 15.2. The van der Waals surface area contributed by atoms with Crippen molar-refractivity contribution in [3.8, 4) is 0 Å². The fourth-order valence-electron chi connectivity index (χ4n) is 1.12. The minimum Gasteiger partial charge on any atom is -0.356 e. The Morgan fingerprint density at radius 3 is 2.93 bits per heavy atom. The summed E-state index contributed by atoms with van der Waals surface area (Å²) in [5.74, 6) is 1.09. The van der Waals surface area contributed by atoms with Crippen molar-refractivity contribution < 1.29 is 9.32 Å². The Hall–Kier alpha value is -1.43. The molecule has 1 amide bonds. The van der Waals surface area contributed by atoms with Crippen molar-refractivity contribution in [2.75, 3.05) is 6.54 Å². The molecule has 1 unspecified atom stereocenters. The molecular formula is C9H16N4O2. The van der Waals surface area contributed by atoms with Crippen molar-refractivity contribution in [3.05, 3.63) is 11.7 Å². The maximum Gasteiger partial charge on any atom is 0.223 e. The highest BCUT2D eigenvalue weighted by molar-refractivity contribution is 5.76. The molecule has 3 N–H and O–H groups in total. The molecule has 1 atom stereocenters. The fraction of sp³-hybridized carbons (Fsp3) is 0.667. The van der Waals surface area contributed by atoms with E-state index in [-0.39, 0.29) is 11.9 Å². The van der Waals surface area contributed by atoms with Crippen molar-refractivity contribution in [3.63, 3.8) is 0 Å². The summed E-state index contributed by atoms with van der Waals surface area (Å²) in [5.41, 5.74) is 5.48. The van der Waals surface area contributed by atoms with Crippen molar-refractivity contribution in [2.24, 2.45) is 5.73 Å². The number of nitrogens with two attached hydrogens (primary N) is 1.